The van der Waals surface area contributed by atoms with Crippen LogP contribution in [0.5, 0.6) is 0 Å². The molecule has 18 heavy (non-hydrogen) atoms. The summed E-state index contributed by atoms with van der Waals surface area (Å²) in [5.74, 6) is 1.74. The van der Waals surface area contributed by atoms with Gasteiger partial charge in [-0.3, -0.25) is 0 Å². The van der Waals surface area contributed by atoms with Crippen LogP contribution in [0.1, 0.15) is 60.3 Å². The molecule has 0 radical (unpaired) electrons. The molecule has 0 aliphatic carbocycles. The molecule has 3 atom stereocenters. The molecular formula is C16H30O2. The van der Waals surface area contributed by atoms with Gasteiger partial charge in [0.25, 0.3) is 0 Å². The van der Waals surface area contributed by atoms with E-state index in [9.17, 15) is 4.79 Å². The molecule has 0 saturated heterocycles. The standard InChI is InChI=1S/C16H30O2/c1-7-8-12(2)9-13(3)10-14(4)11-15(5)16(17)18-6/h11-14H,7-10H2,1-6H3/t12-,13-,14-/m1/s1. The van der Waals surface area contributed by atoms with E-state index in [-0.39, 0.29) is 5.97 Å². The van der Waals surface area contributed by atoms with E-state index in [1.807, 2.05) is 13.0 Å². The van der Waals surface area contributed by atoms with Crippen molar-refractivity contribution < 1.29 is 9.53 Å². The molecule has 0 unspecified atom stereocenters. The first-order valence-corrected chi connectivity index (χ1v) is 7.17. The van der Waals surface area contributed by atoms with Crippen molar-refractivity contribution in [2.24, 2.45) is 17.8 Å². The fourth-order valence-corrected chi connectivity index (χ4v) is 2.75. The van der Waals surface area contributed by atoms with Crippen LogP contribution in [0.25, 0.3) is 0 Å². The number of allylic oxidation sites excluding steroid dienone is 1. The number of carbonyl (C=O) groups excluding carboxylic acids is 1. The van der Waals surface area contributed by atoms with Crippen LogP contribution in [0.2, 0.25) is 0 Å². The Hall–Kier alpha value is -0.790. The lowest BCUT2D eigenvalue weighted by Gasteiger charge is -2.19. The van der Waals surface area contributed by atoms with Gasteiger partial charge in [0.15, 0.2) is 0 Å². The van der Waals surface area contributed by atoms with E-state index in [1.165, 1.54) is 26.4 Å². The lowest BCUT2D eigenvalue weighted by atomic mass is 9.87. The number of rotatable bonds is 8. The molecule has 0 spiro atoms. The van der Waals surface area contributed by atoms with Gasteiger partial charge < -0.3 is 4.74 Å². The molecule has 0 rings (SSSR count). The highest BCUT2D eigenvalue weighted by atomic mass is 16.5. The van der Waals surface area contributed by atoms with E-state index in [2.05, 4.69) is 27.7 Å². The van der Waals surface area contributed by atoms with Crippen LogP contribution in [0, 0.1) is 17.8 Å². The van der Waals surface area contributed by atoms with E-state index >= 15 is 0 Å². The van der Waals surface area contributed by atoms with Gasteiger partial charge in [-0.1, -0.05) is 46.6 Å². The van der Waals surface area contributed by atoms with Crippen LogP contribution >= 0.6 is 0 Å². The van der Waals surface area contributed by atoms with Crippen molar-refractivity contribution >= 4 is 5.97 Å². The Bertz CT molecular complexity index is 268. The minimum absolute atomic E-state index is 0.214. The SMILES string of the molecule is CCC[C@@H](C)C[C@@H](C)C[C@@H](C)C=C(C)C(=O)OC. The summed E-state index contributed by atoms with van der Waals surface area (Å²) in [5.41, 5.74) is 0.721. The molecule has 0 saturated carbocycles. The molecule has 106 valence electrons. The summed E-state index contributed by atoms with van der Waals surface area (Å²) in [6.45, 7) is 10.9. The van der Waals surface area contributed by atoms with Crippen molar-refractivity contribution in [1.29, 1.82) is 0 Å². The van der Waals surface area contributed by atoms with E-state index < -0.39 is 0 Å². The maximum absolute atomic E-state index is 11.3. The summed E-state index contributed by atoms with van der Waals surface area (Å²) in [6, 6.07) is 0. The van der Waals surface area contributed by atoms with E-state index in [0.717, 1.165) is 17.9 Å². The van der Waals surface area contributed by atoms with E-state index in [0.29, 0.717) is 11.8 Å². The molecule has 2 heteroatoms. The second-order valence-electron chi connectivity index (χ2n) is 5.79. The van der Waals surface area contributed by atoms with Gasteiger partial charge in [-0.25, -0.2) is 4.79 Å². The molecule has 0 aromatic heterocycles. The highest BCUT2D eigenvalue weighted by Crippen LogP contribution is 2.23. The van der Waals surface area contributed by atoms with Crippen LogP contribution in [0.3, 0.4) is 0 Å². The Morgan fingerprint density at radius 2 is 1.78 bits per heavy atom. The number of hydrogen-bond acceptors (Lipinski definition) is 2. The highest BCUT2D eigenvalue weighted by Gasteiger charge is 2.12. The largest absolute Gasteiger partial charge is 0.466 e. The smallest absolute Gasteiger partial charge is 0.333 e. The van der Waals surface area contributed by atoms with E-state index in [1.54, 1.807) is 0 Å². The molecule has 0 amide bonds. The second kappa shape index (κ2) is 9.18. The lowest BCUT2D eigenvalue weighted by molar-refractivity contribution is -0.136. The van der Waals surface area contributed by atoms with Gasteiger partial charge in [0.1, 0.15) is 0 Å². The Morgan fingerprint density at radius 1 is 1.17 bits per heavy atom. The van der Waals surface area contributed by atoms with Gasteiger partial charge >= 0.3 is 5.97 Å². The zero-order chi connectivity index (χ0) is 14.1. The summed E-state index contributed by atoms with van der Waals surface area (Å²) in [4.78, 5) is 11.3. The molecule has 0 aliphatic heterocycles. The Morgan fingerprint density at radius 3 is 2.28 bits per heavy atom. The molecule has 0 heterocycles. The topological polar surface area (TPSA) is 26.3 Å². The summed E-state index contributed by atoms with van der Waals surface area (Å²) < 4.78 is 4.71. The van der Waals surface area contributed by atoms with Crippen LogP contribution in [-0.2, 0) is 9.53 Å². The first-order chi connectivity index (χ1) is 8.40. The Labute approximate surface area is 113 Å². The average Bonchev–Trinajstić information content (AvgIpc) is 2.27. The van der Waals surface area contributed by atoms with Crippen LogP contribution in [-0.4, -0.2) is 13.1 Å². The van der Waals surface area contributed by atoms with Crippen molar-refractivity contribution in [3.63, 3.8) is 0 Å². The van der Waals surface area contributed by atoms with Gasteiger partial charge in [0, 0.05) is 5.57 Å². The predicted molar refractivity (Wildman–Crippen MR) is 77.4 cm³/mol. The predicted octanol–water partition coefficient (Wildman–Crippen LogP) is 4.59. The summed E-state index contributed by atoms with van der Waals surface area (Å²) in [7, 11) is 1.43. The lowest BCUT2D eigenvalue weighted by Crippen LogP contribution is -2.08. The molecule has 0 fully saturated rings. The third-order valence-electron chi connectivity index (χ3n) is 3.40. The first kappa shape index (κ1) is 17.2. The summed E-state index contributed by atoms with van der Waals surface area (Å²) >= 11 is 0. The fourth-order valence-electron chi connectivity index (χ4n) is 2.75. The summed E-state index contributed by atoms with van der Waals surface area (Å²) in [5, 5.41) is 0. The third-order valence-corrected chi connectivity index (χ3v) is 3.40. The van der Waals surface area contributed by atoms with Crippen molar-refractivity contribution in [3.05, 3.63) is 11.6 Å². The zero-order valence-electron chi connectivity index (χ0n) is 13.0. The van der Waals surface area contributed by atoms with Crippen molar-refractivity contribution in [3.8, 4) is 0 Å². The number of ether oxygens (including phenoxy) is 1. The normalized spacial score (nSPS) is 17.1. The van der Waals surface area contributed by atoms with E-state index in [4.69, 9.17) is 4.74 Å². The second-order valence-corrected chi connectivity index (χ2v) is 5.79. The maximum Gasteiger partial charge on any atom is 0.333 e. The van der Waals surface area contributed by atoms with Crippen molar-refractivity contribution in [1.82, 2.24) is 0 Å². The Balaban J connectivity index is 4.14. The van der Waals surface area contributed by atoms with Gasteiger partial charge in [-0.2, -0.15) is 0 Å². The number of carbonyl (C=O) groups is 1. The molecule has 0 aliphatic rings. The summed E-state index contributed by atoms with van der Waals surface area (Å²) in [6.07, 6.45) is 7.04. The number of esters is 1. The number of methoxy groups -OCH3 is 1. The Kier molecular flexibility index (Phi) is 8.78. The minimum Gasteiger partial charge on any atom is -0.466 e. The van der Waals surface area contributed by atoms with Gasteiger partial charge in [0.05, 0.1) is 7.11 Å². The average molecular weight is 254 g/mol. The van der Waals surface area contributed by atoms with Crippen LogP contribution in [0.4, 0.5) is 0 Å². The van der Waals surface area contributed by atoms with Gasteiger partial charge in [-0.15, -0.1) is 0 Å². The van der Waals surface area contributed by atoms with Gasteiger partial charge in [-0.05, 0) is 37.5 Å². The highest BCUT2D eigenvalue weighted by molar-refractivity contribution is 5.87. The third kappa shape index (κ3) is 7.52. The zero-order valence-corrected chi connectivity index (χ0v) is 13.0. The van der Waals surface area contributed by atoms with Crippen molar-refractivity contribution in [2.75, 3.05) is 7.11 Å². The molecule has 0 bridgehead atoms. The number of hydrogen-bond donors (Lipinski definition) is 0. The quantitative estimate of drug-likeness (QED) is 0.467. The molecule has 0 aromatic carbocycles. The first-order valence-electron chi connectivity index (χ1n) is 7.17. The monoisotopic (exact) mass is 254 g/mol. The fraction of sp³-hybridized carbons (Fsp3) is 0.812. The minimum atomic E-state index is -0.214. The van der Waals surface area contributed by atoms with Gasteiger partial charge in [0.2, 0.25) is 0 Å². The van der Waals surface area contributed by atoms with Crippen LogP contribution < -0.4 is 0 Å². The maximum atomic E-state index is 11.3. The van der Waals surface area contributed by atoms with Crippen LogP contribution in [0.15, 0.2) is 11.6 Å². The molecule has 0 aromatic rings. The molecule has 0 N–H and O–H groups in total. The van der Waals surface area contributed by atoms with Crippen molar-refractivity contribution in [2.45, 2.75) is 60.3 Å². The molecule has 2 nitrogen and oxygen atoms in total. The molecular weight excluding hydrogens is 224 g/mol.